The van der Waals surface area contributed by atoms with E-state index in [1.165, 1.54) is 6.07 Å². The first kappa shape index (κ1) is 25.0. The number of rotatable bonds is 9. The van der Waals surface area contributed by atoms with Crippen molar-refractivity contribution < 1.29 is 18.6 Å². The fourth-order valence-electron chi connectivity index (χ4n) is 2.63. The van der Waals surface area contributed by atoms with Crippen molar-refractivity contribution in [3.63, 3.8) is 0 Å². The Balaban J connectivity index is 0.00000420. The quantitative estimate of drug-likeness (QED) is 0.290. The zero-order valence-corrected chi connectivity index (χ0v) is 19.6. The normalized spacial score (nSPS) is 10.9. The summed E-state index contributed by atoms with van der Waals surface area (Å²) in [5.74, 6) is 1.67. The minimum Gasteiger partial charge on any atom is -0.493 e. The number of hydrogen-bond acceptors (Lipinski definition) is 4. The van der Waals surface area contributed by atoms with Crippen molar-refractivity contribution in [3.05, 3.63) is 53.3 Å². The molecule has 0 aliphatic heterocycles. The first-order chi connectivity index (χ1) is 13.6. The zero-order chi connectivity index (χ0) is 20.4. The fraction of sp³-hybridized carbons (Fsp3) is 0.381. The first-order valence-electron chi connectivity index (χ1n) is 9.23. The summed E-state index contributed by atoms with van der Waals surface area (Å²) in [5, 5.41) is 6.46. The Bertz CT molecular complexity index is 803. The van der Waals surface area contributed by atoms with Gasteiger partial charge in [-0.3, -0.25) is 0 Å². The lowest BCUT2D eigenvalue weighted by Crippen LogP contribution is -2.30. The van der Waals surface area contributed by atoms with Crippen molar-refractivity contribution in [3.8, 4) is 11.5 Å². The van der Waals surface area contributed by atoms with Gasteiger partial charge in [0.1, 0.15) is 5.82 Å². The molecule has 6 nitrogen and oxygen atoms in total. The van der Waals surface area contributed by atoms with Crippen molar-refractivity contribution in [1.29, 1.82) is 0 Å². The molecule has 2 N–H and O–H groups in total. The third-order valence-electron chi connectivity index (χ3n) is 3.90. The molecule has 0 heterocycles. The molecule has 0 fully saturated rings. The Morgan fingerprint density at radius 2 is 1.86 bits per heavy atom. The molecule has 0 atom stereocenters. The molecule has 2 aromatic rings. The van der Waals surface area contributed by atoms with Gasteiger partial charge in [0, 0.05) is 31.0 Å². The molecule has 8 heteroatoms. The Morgan fingerprint density at radius 1 is 1.07 bits per heavy atom. The molecule has 2 rings (SSSR count). The molecular weight excluding hydrogens is 488 g/mol. The number of methoxy groups -OCH3 is 2. The van der Waals surface area contributed by atoms with Crippen LogP contribution in [0.15, 0.2) is 41.4 Å². The van der Waals surface area contributed by atoms with Crippen molar-refractivity contribution in [2.24, 2.45) is 4.99 Å². The van der Waals surface area contributed by atoms with E-state index in [0.717, 1.165) is 11.3 Å². The van der Waals surface area contributed by atoms with Crippen molar-refractivity contribution >= 4 is 35.6 Å². The van der Waals surface area contributed by atoms with E-state index in [1.807, 2.05) is 32.0 Å². The van der Waals surface area contributed by atoms with E-state index < -0.39 is 0 Å². The number of guanidine groups is 1. The SMILES string of the molecule is CCNC(=NCc1ccc(F)c(COC)c1)Nc1ccc(OC)c(OCC)c1.I. The van der Waals surface area contributed by atoms with Gasteiger partial charge in [-0.2, -0.15) is 0 Å². The monoisotopic (exact) mass is 517 g/mol. The maximum Gasteiger partial charge on any atom is 0.196 e. The standard InChI is InChI=1S/C21H28FN3O3.HI/c1-5-23-21(24-13-15-7-9-18(22)16(11-15)14-26-3)25-17-8-10-19(27-4)20(12-17)28-6-2;/h7-12H,5-6,13-14H2,1-4H3,(H2,23,24,25);1H. The molecule has 0 saturated carbocycles. The van der Waals surface area contributed by atoms with Crippen LogP contribution in [0.5, 0.6) is 11.5 Å². The second kappa shape index (κ2) is 13.2. The van der Waals surface area contributed by atoms with Gasteiger partial charge in [0.15, 0.2) is 17.5 Å². The maximum absolute atomic E-state index is 13.8. The number of anilines is 1. The molecule has 0 unspecified atom stereocenters. The van der Waals surface area contributed by atoms with Gasteiger partial charge in [-0.25, -0.2) is 9.38 Å². The third-order valence-corrected chi connectivity index (χ3v) is 3.90. The van der Waals surface area contributed by atoms with Gasteiger partial charge in [-0.1, -0.05) is 6.07 Å². The van der Waals surface area contributed by atoms with Gasteiger partial charge >= 0.3 is 0 Å². The average molecular weight is 517 g/mol. The van der Waals surface area contributed by atoms with E-state index in [2.05, 4.69) is 15.6 Å². The fourth-order valence-corrected chi connectivity index (χ4v) is 2.63. The summed E-state index contributed by atoms with van der Waals surface area (Å²) < 4.78 is 29.7. The summed E-state index contributed by atoms with van der Waals surface area (Å²) in [4.78, 5) is 4.59. The predicted molar refractivity (Wildman–Crippen MR) is 125 cm³/mol. The number of nitrogens with zero attached hydrogens (tertiary/aromatic N) is 1. The van der Waals surface area contributed by atoms with E-state index in [0.29, 0.717) is 42.7 Å². The summed E-state index contributed by atoms with van der Waals surface area (Å²) in [5.41, 5.74) is 2.24. The molecule has 0 aliphatic rings. The molecule has 0 radical (unpaired) electrons. The first-order valence-corrected chi connectivity index (χ1v) is 9.23. The summed E-state index contributed by atoms with van der Waals surface area (Å²) in [6.07, 6.45) is 0. The highest BCUT2D eigenvalue weighted by atomic mass is 127. The number of benzene rings is 2. The number of hydrogen-bond donors (Lipinski definition) is 2. The second-order valence-corrected chi connectivity index (χ2v) is 5.98. The van der Waals surface area contributed by atoms with Gasteiger partial charge in [0.2, 0.25) is 0 Å². The van der Waals surface area contributed by atoms with Crippen molar-refractivity contribution in [2.75, 3.05) is 32.7 Å². The molecule has 0 aliphatic carbocycles. The van der Waals surface area contributed by atoms with E-state index in [9.17, 15) is 4.39 Å². The molecule has 0 saturated heterocycles. The van der Waals surface area contributed by atoms with Crippen LogP contribution in [0.1, 0.15) is 25.0 Å². The average Bonchev–Trinajstić information content (AvgIpc) is 2.69. The zero-order valence-electron chi connectivity index (χ0n) is 17.3. The lowest BCUT2D eigenvalue weighted by Gasteiger charge is -2.14. The topological polar surface area (TPSA) is 64.1 Å². The van der Waals surface area contributed by atoms with Crippen LogP contribution in [0.3, 0.4) is 0 Å². The highest BCUT2D eigenvalue weighted by molar-refractivity contribution is 14.0. The largest absolute Gasteiger partial charge is 0.493 e. The highest BCUT2D eigenvalue weighted by Gasteiger charge is 2.08. The third kappa shape index (κ3) is 7.69. The molecule has 0 spiro atoms. The maximum atomic E-state index is 13.8. The van der Waals surface area contributed by atoms with Crippen LogP contribution in [-0.4, -0.2) is 33.3 Å². The minimum atomic E-state index is -0.277. The van der Waals surface area contributed by atoms with Crippen LogP contribution in [0.2, 0.25) is 0 Å². The summed E-state index contributed by atoms with van der Waals surface area (Å²) in [6, 6.07) is 10.5. The van der Waals surface area contributed by atoms with Crippen LogP contribution >= 0.6 is 24.0 Å². The molecule has 2 aromatic carbocycles. The van der Waals surface area contributed by atoms with Gasteiger partial charge in [0.25, 0.3) is 0 Å². The lowest BCUT2D eigenvalue weighted by atomic mass is 10.1. The van der Waals surface area contributed by atoms with E-state index in [-0.39, 0.29) is 36.4 Å². The van der Waals surface area contributed by atoms with Crippen LogP contribution < -0.4 is 20.1 Å². The summed E-state index contributed by atoms with van der Waals surface area (Å²) in [7, 11) is 3.15. The number of ether oxygens (including phenoxy) is 3. The number of halogens is 2. The highest BCUT2D eigenvalue weighted by Crippen LogP contribution is 2.30. The Kier molecular flexibility index (Phi) is 11.4. The summed E-state index contributed by atoms with van der Waals surface area (Å²) in [6.45, 7) is 5.80. The van der Waals surface area contributed by atoms with Crippen molar-refractivity contribution in [2.45, 2.75) is 27.0 Å². The molecule has 0 aromatic heterocycles. The Morgan fingerprint density at radius 3 is 2.52 bits per heavy atom. The molecule has 0 bridgehead atoms. The van der Waals surface area contributed by atoms with E-state index in [4.69, 9.17) is 14.2 Å². The number of aliphatic imine (C=N–C) groups is 1. The van der Waals surface area contributed by atoms with Gasteiger partial charge < -0.3 is 24.8 Å². The predicted octanol–water partition coefficient (Wildman–Crippen LogP) is 4.58. The van der Waals surface area contributed by atoms with Gasteiger partial charge in [-0.05, 0) is 43.7 Å². The minimum absolute atomic E-state index is 0. The lowest BCUT2D eigenvalue weighted by molar-refractivity contribution is 0.181. The second-order valence-electron chi connectivity index (χ2n) is 5.98. The van der Waals surface area contributed by atoms with E-state index in [1.54, 1.807) is 26.4 Å². The Labute approximate surface area is 188 Å². The van der Waals surface area contributed by atoms with Crippen LogP contribution in [0.25, 0.3) is 0 Å². The van der Waals surface area contributed by atoms with Crippen molar-refractivity contribution in [1.82, 2.24) is 5.32 Å². The van der Waals surface area contributed by atoms with Crippen LogP contribution in [0.4, 0.5) is 10.1 Å². The Hall–Kier alpha value is -2.07. The summed E-state index contributed by atoms with van der Waals surface area (Å²) >= 11 is 0. The molecular formula is C21H29FIN3O3. The molecule has 29 heavy (non-hydrogen) atoms. The van der Waals surface area contributed by atoms with Gasteiger partial charge in [-0.15, -0.1) is 24.0 Å². The smallest absolute Gasteiger partial charge is 0.196 e. The van der Waals surface area contributed by atoms with Crippen LogP contribution in [0, 0.1) is 5.82 Å². The number of nitrogens with one attached hydrogen (secondary N) is 2. The molecule has 160 valence electrons. The molecule has 0 amide bonds. The van der Waals surface area contributed by atoms with Gasteiger partial charge in [0.05, 0.1) is 26.9 Å². The van der Waals surface area contributed by atoms with E-state index >= 15 is 0 Å². The van der Waals surface area contributed by atoms with Crippen LogP contribution in [-0.2, 0) is 17.9 Å².